The highest BCUT2D eigenvalue weighted by molar-refractivity contribution is 6.29. The van der Waals surface area contributed by atoms with Crippen LogP contribution in [-0.2, 0) is 19.3 Å². The summed E-state index contributed by atoms with van der Waals surface area (Å²) in [7, 11) is 0. The number of hydrogen-bond donors (Lipinski definition) is 4. The molecule has 3 unspecified atom stereocenters. The molecule has 3 atom stereocenters. The number of H-pyrrole nitrogens is 1. The normalized spacial score (nSPS) is 25.0. The molecule has 0 saturated carbocycles. The third kappa shape index (κ3) is 2.45. The van der Waals surface area contributed by atoms with Crippen LogP contribution in [-0.4, -0.2) is 31.1 Å². The molecule has 5 N–H and O–H groups in total. The van der Waals surface area contributed by atoms with Gasteiger partial charge in [0.2, 0.25) is 0 Å². The van der Waals surface area contributed by atoms with Crippen molar-refractivity contribution in [3.05, 3.63) is 33.7 Å². The number of nitrogens with one attached hydrogen (secondary N) is 1. The number of rotatable bonds is 2. The number of nitrogen functional groups attached to an aromatic ring is 1. The lowest BCUT2D eigenvalue weighted by Gasteiger charge is -2.27. The van der Waals surface area contributed by atoms with Crippen LogP contribution in [0.4, 0.5) is 5.82 Å². The Labute approximate surface area is 139 Å². The zero-order valence-corrected chi connectivity index (χ0v) is 13.6. The van der Waals surface area contributed by atoms with Gasteiger partial charge in [-0.15, -0.1) is 0 Å². The number of anilines is 1. The molecule has 2 aliphatic rings. The van der Waals surface area contributed by atoms with Gasteiger partial charge in [-0.05, 0) is 43.7 Å². The quantitative estimate of drug-likeness (QED) is 0.673. The zero-order chi connectivity index (χ0) is 16.1. The highest BCUT2D eigenvalue weighted by atomic mass is 35.5. The van der Waals surface area contributed by atoms with E-state index in [0.29, 0.717) is 30.2 Å². The molecule has 0 amide bonds. The summed E-state index contributed by atoms with van der Waals surface area (Å²) < 4.78 is 1.53. The number of aliphatic hydroxyl groups excluding tert-OH is 2. The fourth-order valence-electron chi connectivity index (χ4n) is 3.94. The molecular formula is C16H21ClN4O2. The van der Waals surface area contributed by atoms with E-state index in [1.807, 2.05) is 6.07 Å². The minimum atomic E-state index is -0.816. The molecule has 2 heterocycles. The first-order valence-electron chi connectivity index (χ1n) is 8.13. The number of aromatic nitrogens is 3. The molecule has 124 valence electrons. The van der Waals surface area contributed by atoms with Crippen molar-refractivity contribution in [2.45, 2.75) is 56.8 Å². The van der Waals surface area contributed by atoms with E-state index in [2.05, 4.69) is 10.1 Å². The van der Waals surface area contributed by atoms with Crippen molar-refractivity contribution in [3.63, 3.8) is 0 Å². The van der Waals surface area contributed by atoms with E-state index < -0.39 is 6.23 Å². The van der Waals surface area contributed by atoms with Gasteiger partial charge in [0.25, 0.3) is 0 Å². The minimum absolute atomic E-state index is 0.0731. The first-order chi connectivity index (χ1) is 11.0. The van der Waals surface area contributed by atoms with Crippen molar-refractivity contribution in [3.8, 4) is 0 Å². The summed E-state index contributed by atoms with van der Waals surface area (Å²) in [5.41, 5.74) is 10.1. The van der Waals surface area contributed by atoms with Gasteiger partial charge in [-0.3, -0.25) is 0 Å². The molecule has 2 aliphatic carbocycles. The second-order valence-corrected chi connectivity index (χ2v) is 7.02. The lowest BCUT2D eigenvalue weighted by Crippen LogP contribution is -2.23. The smallest absolute Gasteiger partial charge is 0.156 e. The van der Waals surface area contributed by atoms with Crippen LogP contribution in [0.15, 0.2) is 6.07 Å². The van der Waals surface area contributed by atoms with Gasteiger partial charge in [-0.1, -0.05) is 11.6 Å². The number of aromatic amines is 1. The summed E-state index contributed by atoms with van der Waals surface area (Å²) in [6.45, 7) is 0. The van der Waals surface area contributed by atoms with Gasteiger partial charge in [0.15, 0.2) is 6.23 Å². The third-order valence-electron chi connectivity index (χ3n) is 5.14. The summed E-state index contributed by atoms with van der Waals surface area (Å²) in [6, 6.07) is 1.90. The van der Waals surface area contributed by atoms with Crippen molar-refractivity contribution >= 4 is 17.4 Å². The van der Waals surface area contributed by atoms with Gasteiger partial charge in [-0.2, -0.15) is 5.10 Å². The average Bonchev–Trinajstić information content (AvgIpc) is 3.06. The molecule has 23 heavy (non-hydrogen) atoms. The highest BCUT2D eigenvalue weighted by Crippen LogP contribution is 2.40. The minimum Gasteiger partial charge on any atom is -0.393 e. The average molecular weight is 337 g/mol. The molecule has 4 rings (SSSR count). The van der Waals surface area contributed by atoms with Gasteiger partial charge in [-0.25, -0.2) is 4.68 Å². The van der Waals surface area contributed by atoms with Crippen LogP contribution in [0.5, 0.6) is 0 Å². The molecular weight excluding hydrogens is 316 g/mol. The van der Waals surface area contributed by atoms with Crippen LogP contribution in [0.3, 0.4) is 0 Å². The Hall–Kier alpha value is -1.50. The lowest BCUT2D eigenvalue weighted by molar-refractivity contribution is 0.0568. The Bertz CT molecular complexity index is 739. The van der Waals surface area contributed by atoms with Crippen molar-refractivity contribution in [2.24, 2.45) is 0 Å². The monoisotopic (exact) mass is 336 g/mol. The van der Waals surface area contributed by atoms with E-state index in [9.17, 15) is 10.2 Å². The van der Waals surface area contributed by atoms with E-state index in [1.165, 1.54) is 4.68 Å². The fourth-order valence-corrected chi connectivity index (χ4v) is 4.18. The van der Waals surface area contributed by atoms with Crippen molar-refractivity contribution < 1.29 is 10.2 Å². The fraction of sp³-hybridized carbons (Fsp3) is 0.562. The topological polar surface area (TPSA) is 100 Å². The first kappa shape index (κ1) is 15.1. The van der Waals surface area contributed by atoms with Crippen LogP contribution in [0, 0.1) is 0 Å². The largest absolute Gasteiger partial charge is 0.393 e. The van der Waals surface area contributed by atoms with Crippen LogP contribution >= 0.6 is 11.6 Å². The molecule has 0 saturated heterocycles. The van der Waals surface area contributed by atoms with Gasteiger partial charge in [0.1, 0.15) is 11.0 Å². The van der Waals surface area contributed by atoms with Crippen LogP contribution in [0.2, 0.25) is 5.15 Å². The van der Waals surface area contributed by atoms with E-state index >= 15 is 0 Å². The molecule has 0 bridgehead atoms. The number of nitrogens with two attached hydrogens (primary N) is 1. The van der Waals surface area contributed by atoms with Crippen LogP contribution < -0.4 is 5.73 Å². The summed E-state index contributed by atoms with van der Waals surface area (Å²) in [5.74, 6) is 0.399. The highest BCUT2D eigenvalue weighted by Gasteiger charge is 2.33. The van der Waals surface area contributed by atoms with Crippen molar-refractivity contribution in [1.29, 1.82) is 0 Å². The molecule has 6 nitrogen and oxygen atoms in total. The lowest BCUT2D eigenvalue weighted by atomic mass is 9.85. The molecule has 0 aliphatic heterocycles. The first-order valence-corrected chi connectivity index (χ1v) is 8.51. The Morgan fingerprint density at radius 3 is 3.04 bits per heavy atom. The van der Waals surface area contributed by atoms with Gasteiger partial charge < -0.3 is 20.9 Å². The van der Waals surface area contributed by atoms with E-state index in [0.717, 1.165) is 41.8 Å². The second kappa shape index (κ2) is 5.54. The Morgan fingerprint density at radius 1 is 1.39 bits per heavy atom. The summed E-state index contributed by atoms with van der Waals surface area (Å²) in [4.78, 5) is 3.16. The molecule has 7 heteroatoms. The Morgan fingerprint density at radius 2 is 2.22 bits per heavy atom. The van der Waals surface area contributed by atoms with Gasteiger partial charge in [0, 0.05) is 23.6 Å². The van der Waals surface area contributed by atoms with Crippen LogP contribution in [0.1, 0.15) is 53.9 Å². The maximum atomic E-state index is 10.9. The summed E-state index contributed by atoms with van der Waals surface area (Å²) >= 11 is 6.08. The maximum Gasteiger partial charge on any atom is 0.156 e. The number of hydrogen-bond acceptors (Lipinski definition) is 4. The summed E-state index contributed by atoms with van der Waals surface area (Å²) in [6.07, 6.45) is 3.53. The molecule has 2 aromatic rings. The van der Waals surface area contributed by atoms with Crippen molar-refractivity contribution in [2.75, 3.05) is 5.73 Å². The van der Waals surface area contributed by atoms with E-state index in [4.69, 9.17) is 17.3 Å². The molecule has 0 radical (unpaired) electrons. The number of aliphatic hydroxyl groups is 2. The van der Waals surface area contributed by atoms with Crippen LogP contribution in [0.25, 0.3) is 0 Å². The predicted octanol–water partition coefficient (Wildman–Crippen LogP) is 1.91. The zero-order valence-electron chi connectivity index (χ0n) is 12.8. The standard InChI is InChI=1S/C16H21ClN4O2/c17-14-7-10-9(2-1-3-12(10)19-14)16(23)21-15(18)11-6-8(22)4-5-13(11)20-21/h7-9,16,19,22-23H,1-6,18H2. The number of aryl methyl sites for hydroxylation is 2. The van der Waals surface area contributed by atoms with Gasteiger partial charge in [0.05, 0.1) is 11.8 Å². The number of fused-ring (bicyclic) bond motifs is 2. The van der Waals surface area contributed by atoms with Gasteiger partial charge >= 0.3 is 0 Å². The van der Waals surface area contributed by atoms with E-state index in [-0.39, 0.29) is 12.0 Å². The Kier molecular flexibility index (Phi) is 3.63. The molecule has 0 aromatic carbocycles. The number of halogens is 1. The summed E-state index contributed by atoms with van der Waals surface area (Å²) in [5, 5.41) is 25.9. The van der Waals surface area contributed by atoms with Crippen molar-refractivity contribution in [1.82, 2.24) is 14.8 Å². The predicted molar refractivity (Wildman–Crippen MR) is 87.4 cm³/mol. The molecule has 2 aromatic heterocycles. The second-order valence-electron chi connectivity index (χ2n) is 6.62. The Balaban J connectivity index is 1.69. The van der Waals surface area contributed by atoms with E-state index in [1.54, 1.807) is 0 Å². The molecule has 0 fully saturated rings. The maximum absolute atomic E-state index is 10.9. The SMILES string of the molecule is Nc1c2c(nn1C(O)C1CCCc3[nH]c(Cl)cc31)CCC(O)C2. The number of nitrogens with zero attached hydrogens (tertiary/aromatic N) is 2. The third-order valence-corrected chi connectivity index (χ3v) is 5.34. The molecule has 0 spiro atoms.